The number of aromatic nitrogens is 2. The Morgan fingerprint density at radius 3 is 3.00 bits per heavy atom. The topological polar surface area (TPSA) is 50.1 Å². The monoisotopic (exact) mass is 357 g/mol. The van der Waals surface area contributed by atoms with Crippen molar-refractivity contribution in [3.8, 4) is 0 Å². The van der Waals surface area contributed by atoms with E-state index in [1.54, 1.807) is 4.68 Å². The van der Waals surface area contributed by atoms with E-state index < -0.39 is 0 Å². The molecule has 1 aromatic heterocycles. The molecule has 0 amide bonds. The van der Waals surface area contributed by atoms with Gasteiger partial charge in [0.15, 0.2) is 0 Å². The molecule has 0 atom stereocenters. The number of hydrogen-bond acceptors (Lipinski definition) is 3. The van der Waals surface area contributed by atoms with Crippen molar-refractivity contribution in [1.82, 2.24) is 9.78 Å². The number of anilines is 1. The number of aryl methyl sites for hydroxylation is 1. The lowest BCUT2D eigenvalue weighted by atomic mass is 10.2. The van der Waals surface area contributed by atoms with E-state index in [0.29, 0.717) is 6.54 Å². The standard InChI is InChI=1S/C13H16IN3O/c1-10-2-3-12(6-13(10)14)15-7-11-8-16-17(9-11)4-5-18/h2-3,6,8-9,15,18H,4-5,7H2,1H3. The van der Waals surface area contributed by atoms with Crippen molar-refractivity contribution in [2.45, 2.75) is 20.0 Å². The van der Waals surface area contributed by atoms with Crippen LogP contribution in [-0.2, 0) is 13.1 Å². The first-order valence-electron chi connectivity index (χ1n) is 5.81. The number of aliphatic hydroxyl groups is 1. The normalized spacial score (nSPS) is 10.6. The summed E-state index contributed by atoms with van der Waals surface area (Å²) in [7, 11) is 0. The molecule has 18 heavy (non-hydrogen) atoms. The molecule has 96 valence electrons. The van der Waals surface area contributed by atoms with Crippen LogP contribution in [-0.4, -0.2) is 21.5 Å². The van der Waals surface area contributed by atoms with E-state index >= 15 is 0 Å². The lowest BCUT2D eigenvalue weighted by Crippen LogP contribution is -2.02. The molecule has 1 heterocycles. The van der Waals surface area contributed by atoms with Crippen LogP contribution in [0.25, 0.3) is 0 Å². The molecule has 0 radical (unpaired) electrons. The van der Waals surface area contributed by atoms with E-state index in [1.165, 1.54) is 9.13 Å². The van der Waals surface area contributed by atoms with E-state index in [-0.39, 0.29) is 6.61 Å². The quantitative estimate of drug-likeness (QED) is 0.808. The van der Waals surface area contributed by atoms with E-state index in [2.05, 4.69) is 58.1 Å². The zero-order valence-electron chi connectivity index (χ0n) is 10.2. The van der Waals surface area contributed by atoms with Gasteiger partial charge >= 0.3 is 0 Å². The molecule has 0 aliphatic carbocycles. The average Bonchev–Trinajstić information content (AvgIpc) is 2.79. The van der Waals surface area contributed by atoms with Crippen LogP contribution in [0, 0.1) is 10.5 Å². The summed E-state index contributed by atoms with van der Waals surface area (Å²) in [5.74, 6) is 0. The Bertz CT molecular complexity index is 525. The lowest BCUT2D eigenvalue weighted by Gasteiger charge is -2.06. The zero-order chi connectivity index (χ0) is 13.0. The van der Waals surface area contributed by atoms with Crippen molar-refractivity contribution in [2.75, 3.05) is 11.9 Å². The molecule has 2 aromatic rings. The third-order valence-electron chi connectivity index (χ3n) is 2.68. The highest BCUT2D eigenvalue weighted by Gasteiger charge is 2.00. The smallest absolute Gasteiger partial charge is 0.0640 e. The summed E-state index contributed by atoms with van der Waals surface area (Å²) in [6, 6.07) is 6.32. The van der Waals surface area contributed by atoms with Crippen molar-refractivity contribution in [3.63, 3.8) is 0 Å². The number of nitrogens with one attached hydrogen (secondary N) is 1. The average molecular weight is 357 g/mol. The highest BCUT2D eigenvalue weighted by molar-refractivity contribution is 14.1. The predicted octanol–water partition coefficient (Wildman–Crippen LogP) is 2.40. The second kappa shape index (κ2) is 6.19. The maximum atomic E-state index is 8.82. The Morgan fingerprint density at radius 2 is 2.28 bits per heavy atom. The fraction of sp³-hybridized carbons (Fsp3) is 0.308. The van der Waals surface area contributed by atoms with Gasteiger partial charge in [0.2, 0.25) is 0 Å². The molecule has 0 aliphatic rings. The van der Waals surface area contributed by atoms with E-state index in [0.717, 1.165) is 17.8 Å². The molecule has 0 saturated heterocycles. The minimum absolute atomic E-state index is 0.116. The molecule has 0 saturated carbocycles. The summed E-state index contributed by atoms with van der Waals surface area (Å²) in [4.78, 5) is 0. The lowest BCUT2D eigenvalue weighted by molar-refractivity contribution is 0.269. The third-order valence-corrected chi connectivity index (χ3v) is 3.85. The van der Waals surface area contributed by atoms with Crippen LogP contribution in [0.2, 0.25) is 0 Å². The molecule has 2 rings (SSSR count). The Morgan fingerprint density at radius 1 is 1.44 bits per heavy atom. The Kier molecular flexibility index (Phi) is 4.60. The summed E-state index contributed by atoms with van der Waals surface area (Å²) < 4.78 is 3.00. The summed E-state index contributed by atoms with van der Waals surface area (Å²) >= 11 is 2.34. The SMILES string of the molecule is Cc1ccc(NCc2cnn(CCO)c2)cc1I. The fourth-order valence-electron chi connectivity index (χ4n) is 1.63. The number of rotatable bonds is 5. The van der Waals surface area contributed by atoms with E-state index in [9.17, 15) is 0 Å². The van der Waals surface area contributed by atoms with Gasteiger partial charge in [0, 0.05) is 27.6 Å². The molecule has 2 N–H and O–H groups in total. The molecule has 0 fully saturated rings. The molecule has 0 bridgehead atoms. The van der Waals surface area contributed by atoms with Crippen LogP contribution in [0.5, 0.6) is 0 Å². The molecular weight excluding hydrogens is 341 g/mol. The first kappa shape index (κ1) is 13.4. The van der Waals surface area contributed by atoms with Crippen molar-refractivity contribution in [1.29, 1.82) is 0 Å². The first-order chi connectivity index (χ1) is 8.69. The summed E-state index contributed by atoms with van der Waals surface area (Å²) in [6.07, 6.45) is 3.77. The summed E-state index contributed by atoms with van der Waals surface area (Å²) in [6.45, 7) is 3.50. The van der Waals surface area contributed by atoms with Gasteiger partial charge in [0.1, 0.15) is 0 Å². The van der Waals surface area contributed by atoms with Gasteiger partial charge in [-0.05, 0) is 47.2 Å². The number of aliphatic hydroxyl groups excluding tert-OH is 1. The van der Waals surface area contributed by atoms with Gasteiger partial charge in [-0.2, -0.15) is 5.10 Å². The van der Waals surface area contributed by atoms with Crippen LogP contribution in [0.1, 0.15) is 11.1 Å². The first-order valence-corrected chi connectivity index (χ1v) is 6.89. The Labute approximate surface area is 120 Å². The van der Waals surface area contributed by atoms with E-state index in [4.69, 9.17) is 5.11 Å². The highest BCUT2D eigenvalue weighted by atomic mass is 127. The van der Waals surface area contributed by atoms with Crippen molar-refractivity contribution < 1.29 is 5.11 Å². The summed E-state index contributed by atoms with van der Waals surface area (Å²) in [5.41, 5.74) is 3.51. The number of nitrogens with zero attached hydrogens (tertiary/aromatic N) is 2. The molecule has 0 unspecified atom stereocenters. The maximum absolute atomic E-state index is 8.82. The van der Waals surface area contributed by atoms with Gasteiger partial charge in [-0.1, -0.05) is 6.07 Å². The molecule has 5 heteroatoms. The van der Waals surface area contributed by atoms with Gasteiger partial charge in [-0.25, -0.2) is 0 Å². The van der Waals surface area contributed by atoms with Crippen molar-refractivity contribution >= 4 is 28.3 Å². The second-order valence-electron chi connectivity index (χ2n) is 4.15. The second-order valence-corrected chi connectivity index (χ2v) is 5.31. The van der Waals surface area contributed by atoms with Gasteiger partial charge in [0.25, 0.3) is 0 Å². The zero-order valence-corrected chi connectivity index (χ0v) is 12.4. The van der Waals surface area contributed by atoms with Crippen LogP contribution < -0.4 is 5.32 Å². The van der Waals surface area contributed by atoms with Crippen LogP contribution in [0.4, 0.5) is 5.69 Å². The number of halogens is 1. The van der Waals surface area contributed by atoms with E-state index in [1.807, 2.05) is 12.4 Å². The minimum Gasteiger partial charge on any atom is -0.394 e. The highest BCUT2D eigenvalue weighted by Crippen LogP contribution is 2.17. The molecule has 0 aliphatic heterocycles. The van der Waals surface area contributed by atoms with Gasteiger partial charge in [0.05, 0.1) is 19.3 Å². The Balaban J connectivity index is 1.95. The van der Waals surface area contributed by atoms with Crippen LogP contribution >= 0.6 is 22.6 Å². The third kappa shape index (κ3) is 3.46. The molecule has 1 aromatic carbocycles. The number of benzene rings is 1. The maximum Gasteiger partial charge on any atom is 0.0640 e. The van der Waals surface area contributed by atoms with Crippen LogP contribution in [0.15, 0.2) is 30.6 Å². The minimum atomic E-state index is 0.116. The van der Waals surface area contributed by atoms with Gasteiger partial charge in [-0.3, -0.25) is 4.68 Å². The predicted molar refractivity (Wildman–Crippen MR) is 80.5 cm³/mol. The van der Waals surface area contributed by atoms with Crippen LogP contribution in [0.3, 0.4) is 0 Å². The molecular formula is C13H16IN3O. The molecule has 4 nitrogen and oxygen atoms in total. The van der Waals surface area contributed by atoms with Gasteiger partial charge in [-0.15, -0.1) is 0 Å². The summed E-state index contributed by atoms with van der Waals surface area (Å²) in [5, 5.41) is 16.3. The fourth-order valence-corrected chi connectivity index (χ4v) is 2.14. The largest absolute Gasteiger partial charge is 0.394 e. The van der Waals surface area contributed by atoms with Gasteiger partial charge < -0.3 is 10.4 Å². The van der Waals surface area contributed by atoms with Crippen molar-refractivity contribution in [2.24, 2.45) is 0 Å². The van der Waals surface area contributed by atoms with Crippen molar-refractivity contribution in [3.05, 3.63) is 45.3 Å². The Hall–Kier alpha value is -1.08. The molecule has 0 spiro atoms. The number of hydrogen-bond donors (Lipinski definition) is 2.